The number of anilines is 1. The number of allylic oxidation sites excluding steroid dienone is 2. The topological polar surface area (TPSA) is 79.5 Å². The van der Waals surface area contributed by atoms with Gasteiger partial charge in [-0.25, -0.2) is 9.50 Å². The number of imidazole rings is 1. The Bertz CT molecular complexity index is 771. The van der Waals surface area contributed by atoms with E-state index in [0.717, 1.165) is 16.9 Å². The second-order valence-electron chi connectivity index (χ2n) is 4.58. The first-order valence-electron chi connectivity index (χ1n) is 6.28. The number of carbonyl (C=O) groups excluding carboxylic acids is 1. The standard InChI is InChI=1S/C15H16N4O2/c1-5-6-12(11(4)20)15(21)17-13-7-9(2)14-16-10(3)8-19(14)18-13/h5-8,20H,1,4H2,2-3H3,(H,17,18,21)/b12-6+. The van der Waals surface area contributed by atoms with E-state index in [1.165, 1.54) is 12.2 Å². The molecule has 6 heteroatoms. The Morgan fingerprint density at radius 1 is 1.48 bits per heavy atom. The fraction of sp³-hybridized carbons (Fsp3) is 0.133. The lowest BCUT2D eigenvalue weighted by Gasteiger charge is -2.08. The largest absolute Gasteiger partial charge is 0.508 e. The molecule has 2 N–H and O–H groups in total. The molecule has 0 bridgehead atoms. The van der Waals surface area contributed by atoms with Crippen LogP contribution < -0.4 is 5.32 Å². The van der Waals surface area contributed by atoms with Crippen molar-refractivity contribution in [2.45, 2.75) is 13.8 Å². The summed E-state index contributed by atoms with van der Waals surface area (Å²) in [6.45, 7) is 10.6. The molecule has 0 fully saturated rings. The fourth-order valence-electron chi connectivity index (χ4n) is 1.91. The first-order chi connectivity index (χ1) is 9.92. The first kappa shape index (κ1) is 14.5. The molecule has 0 atom stereocenters. The maximum atomic E-state index is 12.1. The van der Waals surface area contributed by atoms with E-state index in [-0.39, 0.29) is 11.3 Å². The Kier molecular flexibility index (Phi) is 3.89. The number of aryl methyl sites for hydroxylation is 2. The van der Waals surface area contributed by atoms with Crippen molar-refractivity contribution in [3.8, 4) is 0 Å². The van der Waals surface area contributed by atoms with Crippen molar-refractivity contribution >= 4 is 17.4 Å². The molecule has 0 unspecified atom stereocenters. The van der Waals surface area contributed by atoms with Crippen LogP contribution >= 0.6 is 0 Å². The zero-order chi connectivity index (χ0) is 15.6. The molecule has 6 nitrogen and oxygen atoms in total. The molecule has 21 heavy (non-hydrogen) atoms. The highest BCUT2D eigenvalue weighted by Gasteiger charge is 2.14. The van der Waals surface area contributed by atoms with Gasteiger partial charge in [0.15, 0.2) is 11.5 Å². The highest BCUT2D eigenvalue weighted by molar-refractivity contribution is 6.06. The summed E-state index contributed by atoms with van der Waals surface area (Å²) in [5, 5.41) is 16.3. The van der Waals surface area contributed by atoms with E-state index in [2.05, 4.69) is 28.6 Å². The quantitative estimate of drug-likeness (QED) is 0.513. The van der Waals surface area contributed by atoms with Crippen LogP contribution in [0.25, 0.3) is 5.65 Å². The molecule has 0 saturated carbocycles. The van der Waals surface area contributed by atoms with Crippen molar-refractivity contribution in [1.29, 1.82) is 0 Å². The molecule has 2 aromatic rings. The van der Waals surface area contributed by atoms with Crippen molar-refractivity contribution in [2.75, 3.05) is 5.32 Å². The molecule has 0 aliphatic rings. The van der Waals surface area contributed by atoms with E-state index in [1.54, 1.807) is 16.8 Å². The minimum Gasteiger partial charge on any atom is -0.508 e. The number of hydrogen-bond donors (Lipinski definition) is 2. The molecular weight excluding hydrogens is 268 g/mol. The number of nitrogens with zero attached hydrogens (tertiary/aromatic N) is 3. The third-order valence-electron chi connectivity index (χ3n) is 2.81. The Morgan fingerprint density at radius 3 is 2.81 bits per heavy atom. The second kappa shape index (κ2) is 5.62. The average molecular weight is 284 g/mol. The summed E-state index contributed by atoms with van der Waals surface area (Å²) in [4.78, 5) is 16.4. The van der Waals surface area contributed by atoms with E-state index in [0.29, 0.717) is 5.82 Å². The van der Waals surface area contributed by atoms with Gasteiger partial charge in [-0.2, -0.15) is 0 Å². The van der Waals surface area contributed by atoms with Gasteiger partial charge in [0.2, 0.25) is 0 Å². The van der Waals surface area contributed by atoms with Gasteiger partial charge in [0.05, 0.1) is 17.5 Å². The Labute approximate surface area is 122 Å². The summed E-state index contributed by atoms with van der Waals surface area (Å²) in [6.07, 6.45) is 4.55. The summed E-state index contributed by atoms with van der Waals surface area (Å²) >= 11 is 0. The van der Waals surface area contributed by atoms with E-state index < -0.39 is 5.91 Å². The fourth-order valence-corrected chi connectivity index (χ4v) is 1.91. The highest BCUT2D eigenvalue weighted by Crippen LogP contribution is 2.15. The average Bonchev–Trinajstić information content (AvgIpc) is 2.76. The normalized spacial score (nSPS) is 11.4. The lowest BCUT2D eigenvalue weighted by Crippen LogP contribution is -2.17. The second-order valence-corrected chi connectivity index (χ2v) is 4.58. The molecule has 0 aromatic carbocycles. The van der Waals surface area contributed by atoms with Crippen molar-refractivity contribution in [3.63, 3.8) is 0 Å². The predicted molar refractivity (Wildman–Crippen MR) is 81.1 cm³/mol. The SMILES string of the molecule is C=C/C=C(\C(=C)O)C(=O)Nc1cc(C)c2nc(C)cn2n1. The van der Waals surface area contributed by atoms with Crippen molar-refractivity contribution < 1.29 is 9.90 Å². The molecule has 1 amide bonds. The Morgan fingerprint density at radius 2 is 2.19 bits per heavy atom. The number of fused-ring (bicyclic) bond motifs is 1. The van der Waals surface area contributed by atoms with Gasteiger partial charge in [-0.05, 0) is 31.6 Å². The van der Waals surface area contributed by atoms with Crippen LogP contribution in [0.5, 0.6) is 0 Å². The van der Waals surface area contributed by atoms with Crippen LogP contribution in [-0.2, 0) is 4.79 Å². The zero-order valence-corrected chi connectivity index (χ0v) is 11.9. The smallest absolute Gasteiger partial charge is 0.260 e. The van der Waals surface area contributed by atoms with E-state index >= 15 is 0 Å². The molecule has 0 aliphatic carbocycles. The van der Waals surface area contributed by atoms with Crippen LogP contribution in [0.3, 0.4) is 0 Å². The van der Waals surface area contributed by atoms with Gasteiger partial charge in [0, 0.05) is 0 Å². The number of aromatic nitrogens is 3. The highest BCUT2D eigenvalue weighted by atomic mass is 16.3. The zero-order valence-electron chi connectivity index (χ0n) is 11.9. The minimum atomic E-state index is -0.509. The van der Waals surface area contributed by atoms with Crippen LogP contribution in [0.4, 0.5) is 5.82 Å². The number of rotatable bonds is 4. The molecule has 2 aromatic heterocycles. The number of aliphatic hydroxyl groups excluding tert-OH is 1. The van der Waals surface area contributed by atoms with Crippen molar-refractivity contribution in [1.82, 2.24) is 14.6 Å². The summed E-state index contributed by atoms with van der Waals surface area (Å²) in [6, 6.07) is 1.71. The van der Waals surface area contributed by atoms with Gasteiger partial charge >= 0.3 is 0 Å². The first-order valence-corrected chi connectivity index (χ1v) is 6.28. The molecule has 2 rings (SSSR count). The Hall–Kier alpha value is -2.89. The van der Waals surface area contributed by atoms with Crippen LogP contribution in [-0.4, -0.2) is 25.6 Å². The van der Waals surface area contributed by atoms with Gasteiger partial charge in [-0.3, -0.25) is 4.79 Å². The molecule has 0 aliphatic heterocycles. The van der Waals surface area contributed by atoms with Crippen molar-refractivity contribution in [3.05, 3.63) is 60.2 Å². The van der Waals surface area contributed by atoms with E-state index in [4.69, 9.17) is 0 Å². The lowest BCUT2D eigenvalue weighted by atomic mass is 10.2. The molecule has 108 valence electrons. The summed E-state index contributed by atoms with van der Waals surface area (Å²) in [5.74, 6) is -0.479. The lowest BCUT2D eigenvalue weighted by molar-refractivity contribution is -0.112. The molecule has 0 spiro atoms. The van der Waals surface area contributed by atoms with Gasteiger partial charge in [0.1, 0.15) is 5.76 Å². The summed E-state index contributed by atoms with van der Waals surface area (Å²) < 4.78 is 1.60. The minimum absolute atomic E-state index is 0.0337. The number of hydrogen-bond acceptors (Lipinski definition) is 4. The molecule has 2 heterocycles. The molecular formula is C15H16N4O2. The van der Waals surface area contributed by atoms with Gasteiger partial charge in [-0.1, -0.05) is 19.2 Å². The van der Waals surface area contributed by atoms with E-state index in [9.17, 15) is 9.90 Å². The number of amides is 1. The maximum Gasteiger partial charge on any atom is 0.260 e. The summed E-state index contributed by atoms with van der Waals surface area (Å²) in [5.41, 5.74) is 2.49. The van der Waals surface area contributed by atoms with Gasteiger partial charge < -0.3 is 10.4 Å². The molecule has 0 radical (unpaired) electrons. The van der Waals surface area contributed by atoms with Crippen LogP contribution in [0.15, 0.2) is 48.9 Å². The van der Waals surface area contributed by atoms with Crippen molar-refractivity contribution in [2.24, 2.45) is 0 Å². The van der Waals surface area contributed by atoms with Gasteiger partial charge in [-0.15, -0.1) is 5.10 Å². The number of aliphatic hydroxyl groups is 1. The van der Waals surface area contributed by atoms with Crippen LogP contribution in [0.2, 0.25) is 0 Å². The maximum absolute atomic E-state index is 12.1. The monoisotopic (exact) mass is 284 g/mol. The predicted octanol–water partition coefficient (Wildman–Crippen LogP) is 2.47. The summed E-state index contributed by atoms with van der Waals surface area (Å²) in [7, 11) is 0. The Balaban J connectivity index is 2.35. The number of nitrogens with one attached hydrogen (secondary N) is 1. The number of carbonyl (C=O) groups is 1. The third-order valence-corrected chi connectivity index (χ3v) is 2.81. The van der Waals surface area contributed by atoms with Crippen LogP contribution in [0, 0.1) is 13.8 Å². The van der Waals surface area contributed by atoms with Crippen LogP contribution in [0.1, 0.15) is 11.3 Å². The molecule has 0 saturated heterocycles. The third kappa shape index (κ3) is 3.00. The van der Waals surface area contributed by atoms with E-state index in [1.807, 2.05) is 13.8 Å². The van der Waals surface area contributed by atoms with Gasteiger partial charge in [0.25, 0.3) is 5.91 Å².